The number of hydrogen-bond donors (Lipinski definition) is 2. The van der Waals surface area contributed by atoms with Crippen molar-refractivity contribution < 1.29 is 18.3 Å². The molecule has 2 aliphatic heterocycles. The van der Waals surface area contributed by atoms with Gasteiger partial charge < -0.3 is 19.9 Å². The number of nitrogens with zero attached hydrogens (tertiary/aromatic N) is 2. The first-order chi connectivity index (χ1) is 15.4. The number of anilines is 1. The van der Waals surface area contributed by atoms with Crippen molar-refractivity contribution in [1.82, 2.24) is 10.2 Å². The third-order valence-electron chi connectivity index (χ3n) is 6.73. The summed E-state index contributed by atoms with van der Waals surface area (Å²) in [6, 6.07) is 5.39. The van der Waals surface area contributed by atoms with Crippen LogP contribution in [0.3, 0.4) is 0 Å². The molecule has 0 saturated heterocycles. The van der Waals surface area contributed by atoms with Gasteiger partial charge in [0.15, 0.2) is 0 Å². The highest BCUT2D eigenvalue weighted by Gasteiger charge is 2.30. The molecule has 32 heavy (non-hydrogen) atoms. The van der Waals surface area contributed by atoms with Crippen LogP contribution in [0.5, 0.6) is 5.75 Å². The van der Waals surface area contributed by atoms with E-state index in [9.17, 15) is 13.6 Å². The summed E-state index contributed by atoms with van der Waals surface area (Å²) in [4.78, 5) is 15.8. The smallest absolute Gasteiger partial charge is 0.387 e. The quantitative estimate of drug-likeness (QED) is 0.518. The van der Waals surface area contributed by atoms with Gasteiger partial charge in [-0.05, 0) is 37.3 Å². The number of carbonyl (C=O) groups is 1. The molecule has 2 heterocycles. The van der Waals surface area contributed by atoms with Gasteiger partial charge in [-0.1, -0.05) is 25.3 Å². The Bertz CT molecular complexity index is 896. The lowest BCUT2D eigenvalue weighted by atomic mass is 9.93. The van der Waals surface area contributed by atoms with Gasteiger partial charge in [0.1, 0.15) is 11.6 Å². The van der Waals surface area contributed by atoms with Crippen molar-refractivity contribution >= 4 is 17.4 Å². The SMILES string of the molecule is CC(=O)N1CCC(NC2CCCCC2)=C(C(=N)N2CCCc3ccc(OC(F)F)cc32)C1. The van der Waals surface area contributed by atoms with Crippen molar-refractivity contribution in [1.29, 1.82) is 5.41 Å². The summed E-state index contributed by atoms with van der Waals surface area (Å²) in [6.07, 6.45) is 8.35. The highest BCUT2D eigenvalue weighted by atomic mass is 19.3. The fourth-order valence-corrected chi connectivity index (χ4v) is 5.03. The minimum atomic E-state index is -2.89. The minimum absolute atomic E-state index is 0.00122. The Hall–Kier alpha value is -2.64. The van der Waals surface area contributed by atoms with Gasteiger partial charge in [0.25, 0.3) is 0 Å². The molecular formula is C24H32F2N4O2. The number of rotatable bonds is 5. The van der Waals surface area contributed by atoms with Gasteiger partial charge in [-0.2, -0.15) is 8.78 Å². The second-order valence-electron chi connectivity index (χ2n) is 8.90. The molecule has 1 aliphatic carbocycles. The second kappa shape index (κ2) is 9.88. The zero-order valence-corrected chi connectivity index (χ0v) is 18.6. The van der Waals surface area contributed by atoms with E-state index in [0.29, 0.717) is 37.9 Å². The molecule has 0 spiro atoms. The van der Waals surface area contributed by atoms with Gasteiger partial charge in [-0.3, -0.25) is 10.2 Å². The maximum absolute atomic E-state index is 12.8. The Labute approximate surface area is 188 Å². The lowest BCUT2D eigenvalue weighted by molar-refractivity contribution is -0.128. The van der Waals surface area contributed by atoms with Crippen LogP contribution in [0.25, 0.3) is 0 Å². The van der Waals surface area contributed by atoms with Crippen molar-refractivity contribution in [3.05, 3.63) is 35.0 Å². The molecule has 2 N–H and O–H groups in total. The predicted molar refractivity (Wildman–Crippen MR) is 120 cm³/mol. The predicted octanol–water partition coefficient (Wildman–Crippen LogP) is 4.45. The van der Waals surface area contributed by atoms with E-state index in [1.54, 1.807) is 24.0 Å². The molecule has 1 aromatic carbocycles. The molecule has 3 aliphatic rings. The number of alkyl halides is 2. The van der Waals surface area contributed by atoms with Crippen molar-refractivity contribution in [3.8, 4) is 5.75 Å². The number of carbonyl (C=O) groups excluding carboxylic acids is 1. The molecule has 1 saturated carbocycles. The van der Waals surface area contributed by atoms with Crippen LogP contribution in [0.4, 0.5) is 14.5 Å². The third-order valence-corrected chi connectivity index (χ3v) is 6.73. The highest BCUT2D eigenvalue weighted by Crippen LogP contribution is 2.34. The number of fused-ring (bicyclic) bond motifs is 1. The number of amides is 1. The van der Waals surface area contributed by atoms with Crippen LogP contribution in [0.2, 0.25) is 0 Å². The Kier molecular flexibility index (Phi) is 6.96. The van der Waals surface area contributed by atoms with Crippen LogP contribution in [0.1, 0.15) is 57.4 Å². The molecule has 0 unspecified atom stereocenters. The van der Waals surface area contributed by atoms with E-state index in [-0.39, 0.29) is 11.7 Å². The first-order valence-electron chi connectivity index (χ1n) is 11.6. The Morgan fingerprint density at radius 2 is 1.94 bits per heavy atom. The molecule has 0 bridgehead atoms. The van der Waals surface area contributed by atoms with Crippen LogP contribution < -0.4 is 15.0 Å². The molecule has 8 heteroatoms. The van der Waals surface area contributed by atoms with Crippen LogP contribution in [0, 0.1) is 5.41 Å². The van der Waals surface area contributed by atoms with Gasteiger partial charge in [0, 0.05) is 55.5 Å². The van der Waals surface area contributed by atoms with Crippen LogP contribution in [-0.2, 0) is 11.2 Å². The Morgan fingerprint density at radius 1 is 1.16 bits per heavy atom. The topological polar surface area (TPSA) is 68.7 Å². The third kappa shape index (κ3) is 5.05. The van der Waals surface area contributed by atoms with E-state index in [1.165, 1.54) is 19.3 Å². The van der Waals surface area contributed by atoms with Crippen LogP contribution in [0.15, 0.2) is 29.5 Å². The number of nitrogens with one attached hydrogen (secondary N) is 2. The number of benzene rings is 1. The van der Waals surface area contributed by atoms with Crippen molar-refractivity contribution in [3.63, 3.8) is 0 Å². The molecule has 0 radical (unpaired) electrons. The zero-order chi connectivity index (χ0) is 22.7. The minimum Gasteiger partial charge on any atom is -0.435 e. The molecule has 1 fully saturated rings. The summed E-state index contributed by atoms with van der Waals surface area (Å²) in [5.74, 6) is 0.435. The van der Waals surface area contributed by atoms with E-state index in [2.05, 4.69) is 10.1 Å². The summed E-state index contributed by atoms with van der Waals surface area (Å²) in [6.45, 7) is 0.336. The Morgan fingerprint density at radius 3 is 2.66 bits per heavy atom. The molecule has 0 aromatic heterocycles. The zero-order valence-electron chi connectivity index (χ0n) is 18.6. The maximum atomic E-state index is 12.8. The van der Waals surface area contributed by atoms with Crippen molar-refractivity contribution in [2.75, 3.05) is 24.5 Å². The number of halogens is 2. The summed E-state index contributed by atoms with van der Waals surface area (Å²) < 4.78 is 30.1. The van der Waals surface area contributed by atoms with Gasteiger partial charge in [-0.25, -0.2) is 0 Å². The van der Waals surface area contributed by atoms with E-state index < -0.39 is 6.61 Å². The number of ether oxygens (including phenoxy) is 1. The molecule has 6 nitrogen and oxygen atoms in total. The van der Waals surface area contributed by atoms with Crippen LogP contribution >= 0.6 is 0 Å². The number of amidine groups is 1. The van der Waals surface area contributed by atoms with E-state index >= 15 is 0 Å². The summed E-state index contributed by atoms with van der Waals surface area (Å²) >= 11 is 0. The van der Waals surface area contributed by atoms with Crippen molar-refractivity contribution in [2.24, 2.45) is 0 Å². The Balaban J connectivity index is 1.64. The number of aryl methyl sites for hydroxylation is 1. The fraction of sp³-hybridized carbons (Fsp3) is 0.583. The second-order valence-corrected chi connectivity index (χ2v) is 8.90. The van der Waals surface area contributed by atoms with E-state index in [4.69, 9.17) is 5.41 Å². The van der Waals surface area contributed by atoms with E-state index in [1.807, 2.05) is 11.0 Å². The average Bonchev–Trinajstić information content (AvgIpc) is 2.78. The molecule has 4 rings (SSSR count). The van der Waals surface area contributed by atoms with Crippen molar-refractivity contribution in [2.45, 2.75) is 70.9 Å². The average molecular weight is 447 g/mol. The van der Waals surface area contributed by atoms with Gasteiger partial charge in [0.2, 0.25) is 5.91 Å². The molecule has 0 atom stereocenters. The van der Waals surface area contributed by atoms with E-state index in [0.717, 1.165) is 48.2 Å². The maximum Gasteiger partial charge on any atom is 0.387 e. The standard InChI is InChI=1S/C24H32F2N4O2/c1-16(31)29-13-11-21(28-18-7-3-2-4-8-18)20(15-29)23(27)30-12-5-6-17-9-10-19(14-22(17)30)32-24(25)26/h9-10,14,18,24,27-28H,2-8,11-13,15H2,1H3. The first-order valence-corrected chi connectivity index (χ1v) is 11.6. The van der Waals surface area contributed by atoms with Crippen LogP contribution in [-0.4, -0.2) is 48.9 Å². The summed E-state index contributed by atoms with van der Waals surface area (Å²) in [5, 5.41) is 12.8. The largest absolute Gasteiger partial charge is 0.435 e. The summed E-state index contributed by atoms with van der Waals surface area (Å²) in [7, 11) is 0. The normalized spacial score (nSPS) is 19.8. The molecule has 1 amide bonds. The highest BCUT2D eigenvalue weighted by molar-refractivity contribution is 6.09. The summed E-state index contributed by atoms with van der Waals surface area (Å²) in [5.41, 5.74) is 3.63. The lowest BCUT2D eigenvalue weighted by Crippen LogP contribution is -2.46. The fourth-order valence-electron chi connectivity index (χ4n) is 5.03. The van der Waals surface area contributed by atoms with Gasteiger partial charge in [-0.15, -0.1) is 0 Å². The molecular weight excluding hydrogens is 414 g/mol. The first kappa shape index (κ1) is 22.6. The van der Waals surface area contributed by atoms with Gasteiger partial charge in [0.05, 0.1) is 6.54 Å². The molecule has 174 valence electrons. The van der Waals surface area contributed by atoms with Gasteiger partial charge >= 0.3 is 6.61 Å². The molecule has 1 aromatic rings. The lowest BCUT2D eigenvalue weighted by Gasteiger charge is -2.38. The number of hydrogen-bond acceptors (Lipinski definition) is 4. The monoisotopic (exact) mass is 446 g/mol.